The first-order valence-electron chi connectivity index (χ1n) is 6.89. The first-order valence-corrected chi connectivity index (χ1v) is 6.89. The van der Waals surface area contributed by atoms with Gasteiger partial charge in [0.25, 0.3) is 0 Å². The lowest BCUT2D eigenvalue weighted by Crippen LogP contribution is -2.33. The highest BCUT2D eigenvalue weighted by atomic mass is 15.2. The number of nitrogens with zero attached hydrogens (tertiary/aromatic N) is 2. The average Bonchev–Trinajstić information content (AvgIpc) is 2.37. The monoisotopic (exact) mass is 249 g/mol. The lowest BCUT2D eigenvalue weighted by Gasteiger charge is -2.29. The molecule has 2 atom stereocenters. The molecule has 2 unspecified atom stereocenters. The molecule has 0 saturated heterocycles. The van der Waals surface area contributed by atoms with Gasteiger partial charge in [-0.1, -0.05) is 20.8 Å². The van der Waals surface area contributed by atoms with Crippen molar-refractivity contribution >= 4 is 5.82 Å². The van der Waals surface area contributed by atoms with Gasteiger partial charge in [0, 0.05) is 25.3 Å². The molecule has 1 rings (SSSR count). The van der Waals surface area contributed by atoms with E-state index in [1.54, 1.807) is 0 Å². The van der Waals surface area contributed by atoms with Gasteiger partial charge >= 0.3 is 0 Å². The molecule has 0 bridgehead atoms. The Bertz CT molecular complexity index is 363. The molecule has 0 radical (unpaired) electrons. The summed E-state index contributed by atoms with van der Waals surface area (Å²) in [4.78, 5) is 6.74. The van der Waals surface area contributed by atoms with Crippen LogP contribution in [0.5, 0.6) is 0 Å². The van der Waals surface area contributed by atoms with Gasteiger partial charge in [-0.2, -0.15) is 0 Å². The van der Waals surface area contributed by atoms with E-state index in [-0.39, 0.29) is 0 Å². The van der Waals surface area contributed by atoms with Crippen LogP contribution in [0.15, 0.2) is 18.3 Å². The lowest BCUT2D eigenvalue weighted by molar-refractivity contribution is 0.502. The van der Waals surface area contributed by atoms with Gasteiger partial charge in [0.2, 0.25) is 0 Å². The van der Waals surface area contributed by atoms with Crippen molar-refractivity contribution in [2.45, 2.75) is 46.7 Å². The minimum atomic E-state index is 0.375. The molecule has 18 heavy (non-hydrogen) atoms. The van der Waals surface area contributed by atoms with E-state index in [1.165, 1.54) is 5.56 Å². The Morgan fingerprint density at radius 2 is 1.94 bits per heavy atom. The Kier molecular flexibility index (Phi) is 5.60. The second-order valence-electron chi connectivity index (χ2n) is 5.32. The molecule has 1 heterocycles. The van der Waals surface area contributed by atoms with Crippen LogP contribution in [0.1, 0.15) is 46.2 Å². The van der Waals surface area contributed by atoms with Crippen molar-refractivity contribution in [3.8, 4) is 0 Å². The summed E-state index contributed by atoms with van der Waals surface area (Å²) >= 11 is 0. The Hall–Kier alpha value is -1.09. The standard InChI is InChI=1S/C15H27N3/c1-7-16-12(4)14-8-9-17-15(10-14)18(6)13(5)11(2)3/h8-13,16H,7H2,1-6H3. The average molecular weight is 249 g/mol. The zero-order chi connectivity index (χ0) is 13.7. The summed E-state index contributed by atoms with van der Waals surface area (Å²) < 4.78 is 0. The van der Waals surface area contributed by atoms with Crippen LogP contribution in [0.3, 0.4) is 0 Å². The molecule has 3 nitrogen and oxygen atoms in total. The number of hydrogen-bond donors (Lipinski definition) is 1. The second-order valence-corrected chi connectivity index (χ2v) is 5.32. The molecule has 1 N–H and O–H groups in total. The van der Waals surface area contributed by atoms with Crippen molar-refractivity contribution in [1.29, 1.82) is 0 Å². The van der Waals surface area contributed by atoms with Crippen molar-refractivity contribution in [3.63, 3.8) is 0 Å². The number of pyridine rings is 1. The predicted molar refractivity (Wildman–Crippen MR) is 79.0 cm³/mol. The molecule has 0 aliphatic carbocycles. The summed E-state index contributed by atoms with van der Waals surface area (Å²) in [6.07, 6.45) is 1.90. The zero-order valence-corrected chi connectivity index (χ0v) is 12.6. The van der Waals surface area contributed by atoms with E-state index in [2.05, 4.69) is 69.0 Å². The molecule has 0 aliphatic rings. The summed E-state index contributed by atoms with van der Waals surface area (Å²) in [5.74, 6) is 1.67. The van der Waals surface area contributed by atoms with Crippen LogP contribution in [-0.4, -0.2) is 24.6 Å². The minimum absolute atomic E-state index is 0.375. The fourth-order valence-electron chi connectivity index (χ4n) is 1.98. The summed E-state index contributed by atoms with van der Waals surface area (Å²) in [5.41, 5.74) is 1.30. The van der Waals surface area contributed by atoms with Crippen LogP contribution in [0.25, 0.3) is 0 Å². The highest BCUT2D eigenvalue weighted by Crippen LogP contribution is 2.20. The van der Waals surface area contributed by atoms with E-state index in [0.29, 0.717) is 18.0 Å². The molecule has 3 heteroatoms. The Labute approximate surface area is 112 Å². The normalized spacial score (nSPS) is 14.6. The van der Waals surface area contributed by atoms with Gasteiger partial charge in [0.15, 0.2) is 0 Å². The van der Waals surface area contributed by atoms with Gasteiger partial charge in [-0.3, -0.25) is 0 Å². The van der Waals surface area contributed by atoms with Gasteiger partial charge in [-0.15, -0.1) is 0 Å². The molecular weight excluding hydrogens is 222 g/mol. The zero-order valence-electron chi connectivity index (χ0n) is 12.6. The van der Waals surface area contributed by atoms with Gasteiger partial charge < -0.3 is 10.2 Å². The largest absolute Gasteiger partial charge is 0.357 e. The van der Waals surface area contributed by atoms with Crippen molar-refractivity contribution in [1.82, 2.24) is 10.3 Å². The third-order valence-corrected chi connectivity index (χ3v) is 3.72. The van der Waals surface area contributed by atoms with Crippen LogP contribution < -0.4 is 10.2 Å². The summed E-state index contributed by atoms with van der Waals surface area (Å²) in [6, 6.07) is 5.14. The molecule has 0 fully saturated rings. The molecule has 0 aliphatic heterocycles. The highest BCUT2D eigenvalue weighted by molar-refractivity contribution is 5.42. The van der Waals surface area contributed by atoms with E-state index < -0.39 is 0 Å². The fourth-order valence-corrected chi connectivity index (χ4v) is 1.98. The first kappa shape index (κ1) is 15.0. The van der Waals surface area contributed by atoms with Crippen LogP contribution in [0.4, 0.5) is 5.82 Å². The lowest BCUT2D eigenvalue weighted by atomic mass is 10.0. The van der Waals surface area contributed by atoms with Gasteiger partial charge in [-0.25, -0.2) is 4.98 Å². The molecule has 0 amide bonds. The maximum atomic E-state index is 4.48. The Morgan fingerprint density at radius 3 is 2.50 bits per heavy atom. The number of hydrogen-bond acceptors (Lipinski definition) is 3. The molecule has 0 aromatic carbocycles. The van der Waals surface area contributed by atoms with E-state index in [1.807, 2.05) is 6.20 Å². The van der Waals surface area contributed by atoms with Crippen LogP contribution in [0, 0.1) is 5.92 Å². The van der Waals surface area contributed by atoms with Gasteiger partial charge in [0.1, 0.15) is 5.82 Å². The first-order chi connectivity index (χ1) is 8.47. The smallest absolute Gasteiger partial charge is 0.128 e. The molecule has 1 aromatic rings. The Morgan fingerprint density at radius 1 is 1.28 bits per heavy atom. The van der Waals surface area contributed by atoms with Crippen molar-refractivity contribution < 1.29 is 0 Å². The predicted octanol–water partition coefficient (Wildman–Crippen LogP) is 3.23. The molecule has 102 valence electrons. The quantitative estimate of drug-likeness (QED) is 0.839. The third-order valence-electron chi connectivity index (χ3n) is 3.72. The van der Waals surface area contributed by atoms with E-state index >= 15 is 0 Å². The number of anilines is 1. The summed E-state index contributed by atoms with van der Waals surface area (Å²) in [6.45, 7) is 12.0. The fraction of sp³-hybridized carbons (Fsp3) is 0.667. The SMILES string of the molecule is CCNC(C)c1ccnc(N(C)C(C)C(C)C)c1. The number of nitrogens with one attached hydrogen (secondary N) is 1. The maximum Gasteiger partial charge on any atom is 0.128 e. The van der Waals surface area contributed by atoms with Crippen molar-refractivity contribution in [3.05, 3.63) is 23.9 Å². The van der Waals surface area contributed by atoms with Crippen LogP contribution >= 0.6 is 0 Å². The van der Waals surface area contributed by atoms with Gasteiger partial charge in [0.05, 0.1) is 0 Å². The van der Waals surface area contributed by atoms with Crippen LogP contribution in [0.2, 0.25) is 0 Å². The topological polar surface area (TPSA) is 28.2 Å². The highest BCUT2D eigenvalue weighted by Gasteiger charge is 2.15. The third kappa shape index (κ3) is 3.70. The minimum Gasteiger partial charge on any atom is -0.357 e. The maximum absolute atomic E-state index is 4.48. The summed E-state index contributed by atoms with van der Waals surface area (Å²) in [5, 5.41) is 3.43. The Balaban J connectivity index is 2.87. The van der Waals surface area contributed by atoms with Crippen LogP contribution in [-0.2, 0) is 0 Å². The molecule has 0 saturated carbocycles. The van der Waals surface area contributed by atoms with E-state index in [0.717, 1.165) is 12.4 Å². The number of aromatic nitrogens is 1. The van der Waals surface area contributed by atoms with E-state index in [4.69, 9.17) is 0 Å². The number of rotatable bonds is 6. The van der Waals surface area contributed by atoms with E-state index in [9.17, 15) is 0 Å². The molecular formula is C15H27N3. The second kappa shape index (κ2) is 6.74. The van der Waals surface area contributed by atoms with Crippen molar-refractivity contribution in [2.24, 2.45) is 5.92 Å². The van der Waals surface area contributed by atoms with Crippen molar-refractivity contribution in [2.75, 3.05) is 18.5 Å². The molecule has 0 spiro atoms. The molecule has 1 aromatic heterocycles. The summed E-state index contributed by atoms with van der Waals surface area (Å²) in [7, 11) is 2.12. The van der Waals surface area contributed by atoms with Gasteiger partial charge in [-0.05, 0) is 44.0 Å².